The number of phosphoric acid groups is 1. The van der Waals surface area contributed by atoms with Crippen LogP contribution in [-0.4, -0.2) is 82.2 Å². The summed E-state index contributed by atoms with van der Waals surface area (Å²) in [6.45, 7) is 7.73. The number of carbonyl (C=O) groups is 1. The number of hydrogen-bond acceptors (Lipinski definition) is 7. The maximum atomic E-state index is 12.5. The monoisotopic (exact) mass is 797 g/mol. The number of quaternary nitrogens is 1. The van der Waals surface area contributed by atoms with Gasteiger partial charge in [0.05, 0.1) is 34.4 Å². The lowest BCUT2D eigenvalue weighted by Crippen LogP contribution is -2.37. The molecule has 1 rings (SSSR count). The van der Waals surface area contributed by atoms with Gasteiger partial charge in [-0.25, -0.2) is 4.57 Å². The molecule has 0 bridgehead atoms. The maximum Gasteiger partial charge on any atom is 0.472 e. The van der Waals surface area contributed by atoms with Crippen molar-refractivity contribution in [1.82, 2.24) is 0 Å². The number of rotatable bonds is 40. The average molecular weight is 797 g/mol. The van der Waals surface area contributed by atoms with Crippen molar-refractivity contribution in [3.63, 3.8) is 0 Å². The third kappa shape index (κ3) is 34.1. The van der Waals surface area contributed by atoms with Crippen molar-refractivity contribution in [2.24, 2.45) is 0 Å². The number of ether oxygens (including phenoxy) is 3. The van der Waals surface area contributed by atoms with Crippen molar-refractivity contribution in [3.8, 4) is 5.75 Å². The molecule has 0 saturated carbocycles. The van der Waals surface area contributed by atoms with Gasteiger partial charge in [-0.2, -0.15) is 0 Å². The fourth-order valence-electron chi connectivity index (χ4n) is 6.27. The highest BCUT2D eigenvalue weighted by molar-refractivity contribution is 7.47. The molecule has 2 unspecified atom stereocenters. The van der Waals surface area contributed by atoms with Crippen LogP contribution in [0.5, 0.6) is 5.75 Å². The SMILES string of the molecule is C=Cc1ccc(OCCCCCCCCCCC(=O)OCC(COP(=O)(O)OCC[N+](C)(C)C)OCCCCCCCCCCCCCCCCCC)cc1. The van der Waals surface area contributed by atoms with Crippen LogP contribution in [0.4, 0.5) is 0 Å². The van der Waals surface area contributed by atoms with E-state index >= 15 is 0 Å². The zero-order valence-corrected chi connectivity index (χ0v) is 36.7. The molecule has 320 valence electrons. The summed E-state index contributed by atoms with van der Waals surface area (Å²) >= 11 is 0. The van der Waals surface area contributed by atoms with E-state index in [2.05, 4.69) is 13.5 Å². The quantitative estimate of drug-likeness (QED) is 0.0303. The largest absolute Gasteiger partial charge is 0.494 e. The number of nitrogens with zero attached hydrogens (tertiary/aromatic N) is 1. The number of carbonyl (C=O) groups excluding carboxylic acids is 1. The van der Waals surface area contributed by atoms with Crippen molar-refractivity contribution in [1.29, 1.82) is 0 Å². The molecule has 0 spiro atoms. The molecule has 55 heavy (non-hydrogen) atoms. The fraction of sp³-hybridized carbons (Fsp3) is 0.800. The fourth-order valence-corrected chi connectivity index (χ4v) is 7.01. The topological polar surface area (TPSA) is 101 Å². The smallest absolute Gasteiger partial charge is 0.472 e. The van der Waals surface area contributed by atoms with E-state index in [9.17, 15) is 14.3 Å². The first-order valence-corrected chi connectivity index (χ1v) is 23.6. The first-order chi connectivity index (χ1) is 26.5. The van der Waals surface area contributed by atoms with Crippen LogP contribution in [0.2, 0.25) is 0 Å². The van der Waals surface area contributed by atoms with Gasteiger partial charge < -0.3 is 23.6 Å². The summed E-state index contributed by atoms with van der Waals surface area (Å²) in [6.07, 6.45) is 30.9. The Labute approximate surface area is 337 Å². The zero-order chi connectivity index (χ0) is 40.3. The van der Waals surface area contributed by atoms with E-state index < -0.39 is 13.9 Å². The predicted octanol–water partition coefficient (Wildman–Crippen LogP) is 12.2. The van der Waals surface area contributed by atoms with E-state index in [1.807, 2.05) is 51.5 Å². The van der Waals surface area contributed by atoms with Gasteiger partial charge in [0.1, 0.15) is 31.6 Å². The van der Waals surface area contributed by atoms with Crippen molar-refractivity contribution in [2.45, 2.75) is 174 Å². The van der Waals surface area contributed by atoms with Crippen molar-refractivity contribution in [3.05, 3.63) is 36.4 Å². The van der Waals surface area contributed by atoms with Crippen LogP contribution in [0.3, 0.4) is 0 Å². The molecule has 1 aromatic rings. The molecule has 0 radical (unpaired) electrons. The molecule has 0 saturated heterocycles. The minimum Gasteiger partial charge on any atom is -0.494 e. The van der Waals surface area contributed by atoms with Gasteiger partial charge in [0.15, 0.2) is 0 Å². The normalized spacial score (nSPS) is 13.4. The number of esters is 1. The third-order valence-electron chi connectivity index (χ3n) is 9.88. The highest BCUT2D eigenvalue weighted by Crippen LogP contribution is 2.43. The lowest BCUT2D eigenvalue weighted by atomic mass is 10.0. The lowest BCUT2D eigenvalue weighted by molar-refractivity contribution is -0.870. The molecule has 9 nitrogen and oxygen atoms in total. The van der Waals surface area contributed by atoms with Gasteiger partial charge in [0, 0.05) is 13.0 Å². The molecule has 2 atom stereocenters. The molecule has 0 amide bonds. The third-order valence-corrected chi connectivity index (χ3v) is 10.9. The van der Waals surface area contributed by atoms with Crippen LogP contribution in [-0.2, 0) is 27.9 Å². The number of unbranched alkanes of at least 4 members (excludes halogenated alkanes) is 22. The lowest BCUT2D eigenvalue weighted by Gasteiger charge is -2.24. The highest BCUT2D eigenvalue weighted by atomic mass is 31.2. The summed E-state index contributed by atoms with van der Waals surface area (Å²) in [5.74, 6) is 0.625. The van der Waals surface area contributed by atoms with E-state index in [1.165, 1.54) is 103 Å². The Morgan fingerprint density at radius 1 is 0.673 bits per heavy atom. The van der Waals surface area contributed by atoms with Crippen LogP contribution >= 0.6 is 7.82 Å². The summed E-state index contributed by atoms with van der Waals surface area (Å²) in [7, 11) is 1.69. The zero-order valence-electron chi connectivity index (χ0n) is 35.8. The first-order valence-electron chi connectivity index (χ1n) is 22.1. The van der Waals surface area contributed by atoms with Crippen LogP contribution in [0.1, 0.15) is 173 Å². The number of likely N-dealkylation sites (N-methyl/N-ethyl adjacent to an activating group) is 1. The van der Waals surface area contributed by atoms with Gasteiger partial charge in [-0.05, 0) is 37.0 Å². The molecule has 0 heterocycles. The Kier molecular flexibility index (Phi) is 32.0. The second-order valence-corrected chi connectivity index (χ2v) is 17.7. The Bertz CT molecular complexity index is 1090. The average Bonchev–Trinajstić information content (AvgIpc) is 3.15. The summed E-state index contributed by atoms with van der Waals surface area (Å²) in [6, 6.07) is 7.99. The molecular formula is C45H83NO8P+. The number of benzene rings is 1. The number of phosphoric ester groups is 1. The Hall–Kier alpha value is -1.74. The van der Waals surface area contributed by atoms with Gasteiger partial charge in [0.25, 0.3) is 0 Å². The van der Waals surface area contributed by atoms with E-state index in [1.54, 1.807) is 0 Å². The molecule has 0 aliphatic heterocycles. The van der Waals surface area contributed by atoms with Crippen LogP contribution in [0.25, 0.3) is 6.08 Å². The Morgan fingerprint density at radius 2 is 1.15 bits per heavy atom. The van der Waals surface area contributed by atoms with E-state index in [0.717, 1.165) is 69.3 Å². The van der Waals surface area contributed by atoms with E-state index in [0.29, 0.717) is 24.1 Å². The van der Waals surface area contributed by atoms with E-state index in [4.69, 9.17) is 23.3 Å². The highest BCUT2D eigenvalue weighted by Gasteiger charge is 2.25. The molecule has 0 aliphatic carbocycles. The van der Waals surface area contributed by atoms with Crippen LogP contribution in [0, 0.1) is 0 Å². The molecule has 1 aromatic carbocycles. The van der Waals surface area contributed by atoms with Crippen molar-refractivity contribution < 1.29 is 42.0 Å². The van der Waals surface area contributed by atoms with E-state index in [-0.39, 0.29) is 25.8 Å². The summed E-state index contributed by atoms with van der Waals surface area (Å²) in [5, 5.41) is 0. The minimum absolute atomic E-state index is 0.0135. The number of hydrogen-bond donors (Lipinski definition) is 1. The Morgan fingerprint density at radius 3 is 1.64 bits per heavy atom. The predicted molar refractivity (Wildman–Crippen MR) is 228 cm³/mol. The molecule has 0 aromatic heterocycles. The summed E-state index contributed by atoms with van der Waals surface area (Å²) in [4.78, 5) is 22.7. The van der Waals surface area contributed by atoms with Gasteiger partial charge in [-0.15, -0.1) is 0 Å². The van der Waals surface area contributed by atoms with Gasteiger partial charge in [-0.3, -0.25) is 13.8 Å². The molecule has 1 N–H and O–H groups in total. The summed E-state index contributed by atoms with van der Waals surface area (Å²) in [5.41, 5.74) is 1.09. The van der Waals surface area contributed by atoms with Gasteiger partial charge >= 0.3 is 13.8 Å². The summed E-state index contributed by atoms with van der Waals surface area (Å²) < 4.78 is 40.9. The second-order valence-electron chi connectivity index (χ2n) is 16.3. The maximum absolute atomic E-state index is 12.5. The second kappa shape index (κ2) is 34.3. The molecular weight excluding hydrogens is 713 g/mol. The molecule has 0 fully saturated rings. The molecule has 0 aliphatic rings. The van der Waals surface area contributed by atoms with Gasteiger partial charge in [0.2, 0.25) is 0 Å². The standard InChI is InChI=1S/C45H82NO8P/c1-6-8-9-10-11-12-13-14-15-16-17-18-20-23-27-30-38-51-44(41-54-55(48,49)53-39-36-46(3,4)5)40-52-45(47)31-28-25-22-19-21-24-26-29-37-50-43-34-32-42(7-2)33-35-43/h7,32-35,44H,2,6,8-31,36-41H2,1,3-5H3/p+1. The van der Waals surface area contributed by atoms with Crippen molar-refractivity contribution in [2.75, 3.05) is 60.7 Å². The van der Waals surface area contributed by atoms with Crippen molar-refractivity contribution >= 4 is 19.9 Å². The molecule has 10 heteroatoms. The minimum atomic E-state index is -4.25. The Balaban J connectivity index is 2.20. The van der Waals surface area contributed by atoms with Crippen LogP contribution < -0.4 is 4.74 Å². The first kappa shape index (κ1) is 51.3. The van der Waals surface area contributed by atoms with Gasteiger partial charge in [-0.1, -0.05) is 167 Å². The van der Waals surface area contributed by atoms with Crippen LogP contribution in [0.15, 0.2) is 30.8 Å².